The van der Waals surface area contributed by atoms with Crippen LogP contribution in [0.1, 0.15) is 37.2 Å². The maximum Gasteiger partial charge on any atom is 0.303 e. The van der Waals surface area contributed by atoms with Crippen LogP contribution in [0.4, 0.5) is 0 Å². The first-order valence-corrected chi connectivity index (χ1v) is 9.94. The van der Waals surface area contributed by atoms with Crippen molar-refractivity contribution < 1.29 is 9.90 Å². The van der Waals surface area contributed by atoms with Gasteiger partial charge in [-0.3, -0.25) is 4.79 Å². The average molecular weight is 397 g/mol. The number of hydrogen-bond acceptors (Lipinski definition) is 3. The van der Waals surface area contributed by atoms with Crippen LogP contribution < -0.4 is 0 Å². The van der Waals surface area contributed by atoms with Crippen molar-refractivity contribution in [1.29, 1.82) is 5.26 Å². The molecule has 0 saturated carbocycles. The second kappa shape index (κ2) is 7.64. The number of nitrogens with zero attached hydrogens (tertiary/aromatic N) is 3. The van der Waals surface area contributed by atoms with Crippen molar-refractivity contribution in [3.05, 3.63) is 77.6 Å². The molecule has 0 fully saturated rings. The molecule has 0 aliphatic carbocycles. The number of hydrogen-bond donors (Lipinski definition) is 1. The van der Waals surface area contributed by atoms with E-state index in [1.807, 2.05) is 32.0 Å². The summed E-state index contributed by atoms with van der Waals surface area (Å²) in [6.45, 7) is 4.52. The summed E-state index contributed by atoms with van der Waals surface area (Å²) >= 11 is 0. The summed E-state index contributed by atoms with van der Waals surface area (Å²) in [5.74, 6) is 0.0164. The smallest absolute Gasteiger partial charge is 0.303 e. The minimum absolute atomic E-state index is 0.0634. The second-order valence-electron chi connectivity index (χ2n) is 8.48. The Balaban J connectivity index is 1.84. The SMILES string of the molecule is CC(C)(CC(=O)O)Cc1nc2cc(C#N)ccc2n1Cc1cccc2ccccc12. The monoisotopic (exact) mass is 397 g/mol. The van der Waals surface area contributed by atoms with Gasteiger partial charge in [0.25, 0.3) is 0 Å². The summed E-state index contributed by atoms with van der Waals surface area (Å²) < 4.78 is 2.15. The number of benzene rings is 3. The zero-order valence-corrected chi connectivity index (χ0v) is 17.1. The molecule has 4 aromatic rings. The zero-order chi connectivity index (χ0) is 21.3. The van der Waals surface area contributed by atoms with E-state index in [9.17, 15) is 15.2 Å². The molecule has 0 aliphatic rings. The van der Waals surface area contributed by atoms with Crippen LogP contribution in [0.3, 0.4) is 0 Å². The molecular formula is C25H23N3O2. The highest BCUT2D eigenvalue weighted by Gasteiger charge is 2.26. The summed E-state index contributed by atoms with van der Waals surface area (Å²) in [6.07, 6.45) is 0.592. The molecule has 3 aromatic carbocycles. The number of aromatic nitrogens is 2. The van der Waals surface area contributed by atoms with Crippen LogP contribution in [0.2, 0.25) is 0 Å². The van der Waals surface area contributed by atoms with Gasteiger partial charge in [-0.15, -0.1) is 0 Å². The van der Waals surface area contributed by atoms with Gasteiger partial charge < -0.3 is 9.67 Å². The summed E-state index contributed by atoms with van der Waals surface area (Å²) in [6, 6.07) is 22.2. The Hall–Kier alpha value is -3.65. The van der Waals surface area contributed by atoms with Gasteiger partial charge >= 0.3 is 5.97 Å². The Morgan fingerprint density at radius 2 is 1.90 bits per heavy atom. The largest absolute Gasteiger partial charge is 0.481 e. The van der Waals surface area contributed by atoms with Crippen molar-refractivity contribution in [2.75, 3.05) is 0 Å². The summed E-state index contributed by atoms with van der Waals surface area (Å²) in [5.41, 5.74) is 3.00. The molecule has 4 rings (SSSR count). The fourth-order valence-electron chi connectivity index (χ4n) is 4.06. The molecule has 150 valence electrons. The van der Waals surface area contributed by atoms with Gasteiger partial charge in [-0.05, 0) is 39.9 Å². The van der Waals surface area contributed by atoms with Gasteiger partial charge in [-0.25, -0.2) is 4.98 Å². The van der Waals surface area contributed by atoms with Crippen LogP contribution in [0.25, 0.3) is 21.8 Å². The van der Waals surface area contributed by atoms with Crippen LogP contribution >= 0.6 is 0 Å². The first kappa shape index (κ1) is 19.7. The maximum absolute atomic E-state index is 11.3. The lowest BCUT2D eigenvalue weighted by Crippen LogP contribution is -2.22. The third-order valence-corrected chi connectivity index (χ3v) is 5.43. The van der Waals surface area contributed by atoms with Gasteiger partial charge in [0.05, 0.1) is 29.1 Å². The zero-order valence-electron chi connectivity index (χ0n) is 17.1. The number of carboxylic acids is 1. The number of carboxylic acid groups (broad SMARTS) is 1. The topological polar surface area (TPSA) is 78.9 Å². The van der Waals surface area contributed by atoms with E-state index in [4.69, 9.17) is 4.98 Å². The lowest BCUT2D eigenvalue weighted by molar-refractivity contribution is -0.139. The standard InChI is InChI=1S/C25H23N3O2/c1-25(2,14-24(29)30)13-23-27-21-12-17(15-26)10-11-22(21)28(23)16-19-8-5-7-18-6-3-4-9-20(18)19/h3-12H,13-14,16H2,1-2H3,(H,29,30). The van der Waals surface area contributed by atoms with Gasteiger partial charge in [0, 0.05) is 13.0 Å². The Kier molecular flexibility index (Phi) is 5.01. The molecule has 5 heteroatoms. The van der Waals surface area contributed by atoms with E-state index in [0.717, 1.165) is 16.9 Å². The fraction of sp³-hybridized carbons (Fsp3) is 0.240. The molecule has 0 saturated heterocycles. The Bertz CT molecular complexity index is 1290. The van der Waals surface area contributed by atoms with Crippen LogP contribution in [0.15, 0.2) is 60.7 Å². The minimum atomic E-state index is -0.816. The van der Waals surface area contributed by atoms with E-state index in [1.54, 1.807) is 12.1 Å². The lowest BCUT2D eigenvalue weighted by Gasteiger charge is -2.22. The highest BCUT2D eigenvalue weighted by Crippen LogP contribution is 2.29. The van der Waals surface area contributed by atoms with Gasteiger partial charge in [0.15, 0.2) is 0 Å². The molecule has 30 heavy (non-hydrogen) atoms. The molecule has 1 aromatic heterocycles. The molecule has 0 bridgehead atoms. The van der Waals surface area contributed by atoms with Crippen LogP contribution in [0, 0.1) is 16.7 Å². The summed E-state index contributed by atoms with van der Waals surface area (Å²) in [5, 5.41) is 20.9. The average Bonchev–Trinajstić information content (AvgIpc) is 3.02. The lowest BCUT2D eigenvalue weighted by atomic mass is 9.85. The number of rotatable bonds is 6. The number of nitriles is 1. The van der Waals surface area contributed by atoms with Crippen molar-refractivity contribution in [2.45, 2.75) is 33.2 Å². The Morgan fingerprint density at radius 3 is 2.67 bits per heavy atom. The van der Waals surface area contributed by atoms with E-state index >= 15 is 0 Å². The highest BCUT2D eigenvalue weighted by molar-refractivity contribution is 5.86. The molecule has 0 amide bonds. The molecule has 1 N–H and O–H groups in total. The van der Waals surface area contributed by atoms with Crippen molar-refractivity contribution in [3.8, 4) is 6.07 Å². The molecule has 0 unspecified atom stereocenters. The van der Waals surface area contributed by atoms with Crippen LogP contribution in [0.5, 0.6) is 0 Å². The van der Waals surface area contributed by atoms with E-state index in [1.165, 1.54) is 16.3 Å². The van der Waals surface area contributed by atoms with Gasteiger partial charge in [0.1, 0.15) is 5.82 Å². The molecule has 1 heterocycles. The van der Waals surface area contributed by atoms with Crippen molar-refractivity contribution in [1.82, 2.24) is 9.55 Å². The third-order valence-electron chi connectivity index (χ3n) is 5.43. The second-order valence-corrected chi connectivity index (χ2v) is 8.48. The first-order valence-electron chi connectivity index (χ1n) is 9.94. The third kappa shape index (κ3) is 3.90. The number of fused-ring (bicyclic) bond motifs is 2. The normalized spacial score (nSPS) is 11.6. The first-order chi connectivity index (χ1) is 14.4. The molecule has 5 nitrogen and oxygen atoms in total. The predicted octanol–water partition coefficient (Wildman–Crippen LogP) is 5.15. The van der Waals surface area contributed by atoms with E-state index in [-0.39, 0.29) is 6.42 Å². The summed E-state index contributed by atoms with van der Waals surface area (Å²) in [4.78, 5) is 16.1. The van der Waals surface area contributed by atoms with Crippen molar-refractivity contribution >= 4 is 27.8 Å². The van der Waals surface area contributed by atoms with Crippen LogP contribution in [-0.4, -0.2) is 20.6 Å². The van der Waals surface area contributed by atoms with Gasteiger partial charge in [-0.1, -0.05) is 56.3 Å². The predicted molar refractivity (Wildman–Crippen MR) is 117 cm³/mol. The Morgan fingerprint density at radius 1 is 1.13 bits per heavy atom. The quantitative estimate of drug-likeness (QED) is 0.488. The summed E-state index contributed by atoms with van der Waals surface area (Å²) in [7, 11) is 0. The van der Waals surface area contributed by atoms with Gasteiger partial charge in [0.2, 0.25) is 0 Å². The maximum atomic E-state index is 11.3. The number of imidazole rings is 1. The van der Waals surface area contributed by atoms with E-state index in [2.05, 4.69) is 41.0 Å². The highest BCUT2D eigenvalue weighted by atomic mass is 16.4. The number of carbonyl (C=O) groups is 1. The molecule has 0 radical (unpaired) electrons. The van der Waals surface area contributed by atoms with Crippen molar-refractivity contribution in [2.24, 2.45) is 5.41 Å². The van der Waals surface area contributed by atoms with E-state index in [0.29, 0.717) is 18.5 Å². The molecule has 0 aliphatic heterocycles. The molecule has 0 spiro atoms. The number of aliphatic carboxylic acids is 1. The van der Waals surface area contributed by atoms with E-state index < -0.39 is 11.4 Å². The van der Waals surface area contributed by atoms with Gasteiger partial charge in [-0.2, -0.15) is 5.26 Å². The van der Waals surface area contributed by atoms with Crippen LogP contribution in [-0.2, 0) is 17.8 Å². The minimum Gasteiger partial charge on any atom is -0.481 e. The fourth-order valence-corrected chi connectivity index (χ4v) is 4.06. The molecular weight excluding hydrogens is 374 g/mol. The molecule has 0 atom stereocenters. The van der Waals surface area contributed by atoms with Crippen molar-refractivity contribution in [3.63, 3.8) is 0 Å². The Labute approximate surface area is 175 Å².